The Kier molecular flexibility index (Phi) is 5.79. The van der Waals surface area contributed by atoms with Crippen molar-refractivity contribution in [3.05, 3.63) is 70.3 Å². The molecule has 0 bridgehead atoms. The zero-order chi connectivity index (χ0) is 20.1. The summed E-state index contributed by atoms with van der Waals surface area (Å²) >= 11 is 0. The summed E-state index contributed by atoms with van der Waals surface area (Å²) in [5, 5.41) is 10.9. The van der Waals surface area contributed by atoms with Crippen LogP contribution in [0.15, 0.2) is 54.6 Å². The van der Waals surface area contributed by atoms with Crippen LogP contribution in [0, 0.1) is 10.1 Å². The van der Waals surface area contributed by atoms with Crippen molar-refractivity contribution in [2.24, 2.45) is 0 Å². The van der Waals surface area contributed by atoms with Gasteiger partial charge in [-0.3, -0.25) is 15.0 Å². The van der Waals surface area contributed by atoms with Gasteiger partial charge >= 0.3 is 6.09 Å². The van der Waals surface area contributed by atoms with Crippen LogP contribution in [-0.2, 0) is 16.1 Å². The zero-order valence-corrected chi connectivity index (χ0v) is 15.7. The van der Waals surface area contributed by atoms with E-state index in [4.69, 9.17) is 14.2 Å². The average Bonchev–Trinajstić information content (AvgIpc) is 3.00. The van der Waals surface area contributed by atoms with E-state index in [2.05, 4.69) is 0 Å². The van der Waals surface area contributed by atoms with E-state index in [0.29, 0.717) is 5.75 Å². The van der Waals surface area contributed by atoms with Gasteiger partial charge in [-0.2, -0.15) is 0 Å². The third-order valence-electron chi connectivity index (χ3n) is 4.45. The SMILES string of the molecule is CC1(C)OC[C@@H](COc2cccc([N+](=O)[O-])c2)N1C(=O)OCc1ccccc1. The number of benzene rings is 2. The molecule has 1 aliphatic rings. The van der Waals surface area contributed by atoms with Gasteiger partial charge in [-0.15, -0.1) is 0 Å². The fourth-order valence-electron chi connectivity index (χ4n) is 3.04. The zero-order valence-electron chi connectivity index (χ0n) is 15.7. The van der Waals surface area contributed by atoms with Gasteiger partial charge in [0.2, 0.25) is 0 Å². The summed E-state index contributed by atoms with van der Waals surface area (Å²) < 4.78 is 16.9. The predicted molar refractivity (Wildman–Crippen MR) is 101 cm³/mol. The van der Waals surface area contributed by atoms with Crippen molar-refractivity contribution in [3.63, 3.8) is 0 Å². The van der Waals surface area contributed by atoms with Crippen LogP contribution in [0.3, 0.4) is 0 Å². The van der Waals surface area contributed by atoms with E-state index >= 15 is 0 Å². The van der Waals surface area contributed by atoms with Crippen LogP contribution in [0.1, 0.15) is 19.4 Å². The molecule has 8 nitrogen and oxygen atoms in total. The summed E-state index contributed by atoms with van der Waals surface area (Å²) in [5.74, 6) is 0.358. The van der Waals surface area contributed by atoms with Gasteiger partial charge in [0.1, 0.15) is 24.7 Å². The molecule has 8 heteroatoms. The first-order valence-corrected chi connectivity index (χ1v) is 8.88. The number of hydrogen-bond donors (Lipinski definition) is 0. The van der Waals surface area contributed by atoms with Crippen LogP contribution >= 0.6 is 0 Å². The van der Waals surface area contributed by atoms with Crippen molar-refractivity contribution in [2.75, 3.05) is 13.2 Å². The highest BCUT2D eigenvalue weighted by molar-refractivity contribution is 5.69. The fourth-order valence-corrected chi connectivity index (χ4v) is 3.04. The number of nitro groups is 1. The van der Waals surface area contributed by atoms with E-state index in [-0.39, 0.29) is 31.5 Å². The first kappa shape index (κ1) is 19.6. The number of non-ortho nitro benzene ring substituents is 1. The minimum Gasteiger partial charge on any atom is -0.491 e. The summed E-state index contributed by atoms with van der Waals surface area (Å²) in [6.07, 6.45) is -0.501. The number of rotatable bonds is 6. The molecule has 0 aromatic heterocycles. The lowest BCUT2D eigenvalue weighted by Gasteiger charge is -2.32. The maximum absolute atomic E-state index is 12.7. The molecule has 2 aromatic rings. The first-order chi connectivity index (χ1) is 13.4. The van der Waals surface area contributed by atoms with Crippen LogP contribution in [-0.4, -0.2) is 40.9 Å². The molecule has 0 N–H and O–H groups in total. The number of nitrogens with zero attached hydrogens (tertiary/aromatic N) is 2. The van der Waals surface area contributed by atoms with Crippen LogP contribution in [0.25, 0.3) is 0 Å². The number of carbonyl (C=O) groups excluding carboxylic acids is 1. The molecule has 1 aliphatic heterocycles. The molecule has 28 heavy (non-hydrogen) atoms. The van der Waals surface area contributed by atoms with Crippen molar-refractivity contribution in [3.8, 4) is 5.75 Å². The van der Waals surface area contributed by atoms with E-state index in [1.165, 1.54) is 17.0 Å². The van der Waals surface area contributed by atoms with Gasteiger partial charge in [0.25, 0.3) is 5.69 Å². The molecule has 0 radical (unpaired) electrons. The minimum absolute atomic E-state index is 0.0559. The third kappa shape index (κ3) is 4.58. The molecule has 0 spiro atoms. The van der Waals surface area contributed by atoms with Gasteiger partial charge in [-0.25, -0.2) is 4.79 Å². The summed E-state index contributed by atoms with van der Waals surface area (Å²) in [5.41, 5.74) is -0.0115. The van der Waals surface area contributed by atoms with Crippen LogP contribution in [0.2, 0.25) is 0 Å². The van der Waals surface area contributed by atoms with E-state index in [0.717, 1.165) is 5.56 Å². The fraction of sp³-hybridized carbons (Fsp3) is 0.350. The smallest absolute Gasteiger partial charge is 0.412 e. The van der Waals surface area contributed by atoms with E-state index in [1.807, 2.05) is 30.3 Å². The molecule has 0 saturated carbocycles. The molecule has 1 amide bonds. The first-order valence-electron chi connectivity index (χ1n) is 8.88. The van der Waals surface area contributed by atoms with Crippen molar-refractivity contribution in [2.45, 2.75) is 32.2 Å². The number of nitro benzene ring substituents is 1. The minimum atomic E-state index is -0.843. The number of hydrogen-bond acceptors (Lipinski definition) is 6. The molecule has 1 saturated heterocycles. The highest BCUT2D eigenvalue weighted by Crippen LogP contribution is 2.29. The molecule has 1 fully saturated rings. The van der Waals surface area contributed by atoms with Crippen molar-refractivity contribution < 1.29 is 23.9 Å². The number of ether oxygens (including phenoxy) is 3. The van der Waals surface area contributed by atoms with Gasteiger partial charge < -0.3 is 14.2 Å². The van der Waals surface area contributed by atoms with Gasteiger partial charge in [0.05, 0.1) is 23.6 Å². The molecular formula is C20H22N2O6. The molecule has 2 aromatic carbocycles. The molecule has 0 unspecified atom stereocenters. The maximum atomic E-state index is 12.7. The topological polar surface area (TPSA) is 91.1 Å². The number of carbonyl (C=O) groups is 1. The average molecular weight is 386 g/mol. The van der Waals surface area contributed by atoms with Crippen molar-refractivity contribution >= 4 is 11.8 Å². The highest BCUT2D eigenvalue weighted by Gasteiger charge is 2.45. The lowest BCUT2D eigenvalue weighted by Crippen LogP contribution is -2.49. The Balaban J connectivity index is 1.64. The van der Waals surface area contributed by atoms with Crippen LogP contribution < -0.4 is 4.74 Å². The molecular weight excluding hydrogens is 364 g/mol. The van der Waals surface area contributed by atoms with E-state index in [1.54, 1.807) is 26.0 Å². The Labute approximate surface area is 162 Å². The third-order valence-corrected chi connectivity index (χ3v) is 4.45. The van der Waals surface area contributed by atoms with Crippen LogP contribution in [0.5, 0.6) is 5.75 Å². The molecule has 148 valence electrons. The van der Waals surface area contributed by atoms with Crippen LogP contribution in [0.4, 0.5) is 10.5 Å². The molecule has 3 rings (SSSR count). The van der Waals surface area contributed by atoms with Gasteiger partial charge in [0.15, 0.2) is 0 Å². The largest absolute Gasteiger partial charge is 0.491 e. The van der Waals surface area contributed by atoms with Crippen molar-refractivity contribution in [1.29, 1.82) is 0 Å². The molecule has 1 atom stereocenters. The lowest BCUT2D eigenvalue weighted by molar-refractivity contribution is -0.384. The summed E-state index contributed by atoms with van der Waals surface area (Å²) in [4.78, 5) is 24.6. The highest BCUT2D eigenvalue weighted by atomic mass is 16.6. The predicted octanol–water partition coefficient (Wildman–Crippen LogP) is 3.75. The van der Waals surface area contributed by atoms with Gasteiger partial charge in [-0.1, -0.05) is 36.4 Å². The van der Waals surface area contributed by atoms with Gasteiger partial charge in [-0.05, 0) is 25.5 Å². The second kappa shape index (κ2) is 8.26. The Morgan fingerprint density at radius 1 is 1.25 bits per heavy atom. The van der Waals surface area contributed by atoms with E-state index < -0.39 is 16.7 Å². The lowest BCUT2D eigenvalue weighted by atomic mass is 10.2. The summed E-state index contributed by atoms with van der Waals surface area (Å²) in [6, 6.07) is 14.9. The molecule has 0 aliphatic carbocycles. The second-order valence-electron chi connectivity index (χ2n) is 6.89. The standard InChI is InChI=1S/C20H22N2O6/c1-20(2)21(19(23)27-12-15-7-4-3-5-8-15)17(14-28-20)13-26-18-10-6-9-16(11-18)22(24)25/h3-11,17H,12-14H2,1-2H3/t17-/m1/s1. The quantitative estimate of drug-likeness (QED) is 0.555. The van der Waals surface area contributed by atoms with E-state index in [9.17, 15) is 14.9 Å². The summed E-state index contributed by atoms with van der Waals surface area (Å²) in [7, 11) is 0. The Morgan fingerprint density at radius 3 is 2.71 bits per heavy atom. The molecule has 1 heterocycles. The second-order valence-corrected chi connectivity index (χ2v) is 6.89. The summed E-state index contributed by atoms with van der Waals surface area (Å²) in [6.45, 7) is 4.13. The number of amides is 1. The Morgan fingerprint density at radius 2 is 2.00 bits per heavy atom. The monoisotopic (exact) mass is 386 g/mol. The maximum Gasteiger partial charge on any atom is 0.412 e. The van der Waals surface area contributed by atoms with Crippen molar-refractivity contribution in [1.82, 2.24) is 4.90 Å². The van der Waals surface area contributed by atoms with Gasteiger partial charge in [0, 0.05) is 6.07 Å². The Bertz CT molecular complexity index is 840. The Hall–Kier alpha value is -3.13. The normalized spacial score (nSPS) is 17.9.